The van der Waals surface area contributed by atoms with E-state index in [0.29, 0.717) is 18.7 Å². The first kappa shape index (κ1) is 20.9. The van der Waals surface area contributed by atoms with Gasteiger partial charge in [0.05, 0.1) is 13.6 Å². The number of nitrogens with zero attached hydrogens (tertiary/aromatic N) is 3. The minimum atomic E-state index is -1.42. The molecule has 1 atom stereocenters. The molecule has 1 amide bonds. The van der Waals surface area contributed by atoms with Gasteiger partial charge in [-0.2, -0.15) is 0 Å². The summed E-state index contributed by atoms with van der Waals surface area (Å²) < 4.78 is 4.02. The van der Waals surface area contributed by atoms with Gasteiger partial charge in [-0.3, -0.25) is 4.79 Å². The molecule has 26 heavy (non-hydrogen) atoms. The van der Waals surface area contributed by atoms with Crippen LogP contribution in [0.25, 0.3) is 0 Å². The molecule has 1 N–H and O–H groups in total. The number of aryl methyl sites for hydroxylation is 1. The van der Waals surface area contributed by atoms with Crippen LogP contribution in [0.15, 0.2) is 49.1 Å². The number of aliphatic hydroxyl groups is 1. The normalized spacial score (nSPS) is 16.7. The standard InChI is InChI=1S/C20H28N3O2.HI/c1-21-12-14-23(16-21)15-13-22(2)19(24)20(25,18-10-6-7-11-18)17-8-4-3-5-9-17;/h3-5,8-9,12,14,16,18,25H,6-7,10-11,13,15H2,1-2H3;1H/q+1;/p-1. The van der Waals surface area contributed by atoms with Crippen molar-refractivity contribution in [2.45, 2.75) is 37.8 Å². The molecule has 0 radical (unpaired) electrons. The predicted molar refractivity (Wildman–Crippen MR) is 95.5 cm³/mol. The Morgan fingerprint density at radius 1 is 1.31 bits per heavy atom. The lowest BCUT2D eigenvalue weighted by molar-refractivity contribution is -0.671. The second-order valence-electron chi connectivity index (χ2n) is 7.16. The minimum Gasteiger partial charge on any atom is -1.00 e. The number of amides is 1. The van der Waals surface area contributed by atoms with Gasteiger partial charge in [-0.15, -0.1) is 0 Å². The van der Waals surface area contributed by atoms with Gasteiger partial charge in [0, 0.05) is 13.0 Å². The molecule has 0 saturated heterocycles. The van der Waals surface area contributed by atoms with E-state index in [1.165, 1.54) is 0 Å². The second kappa shape index (κ2) is 8.99. The van der Waals surface area contributed by atoms with Crippen LogP contribution in [0.5, 0.6) is 0 Å². The molecule has 1 aliphatic carbocycles. The quantitative estimate of drug-likeness (QED) is 0.430. The maximum atomic E-state index is 13.2. The van der Waals surface area contributed by atoms with E-state index in [0.717, 1.165) is 25.7 Å². The van der Waals surface area contributed by atoms with Crippen molar-refractivity contribution in [3.05, 3.63) is 54.6 Å². The first-order valence-electron chi connectivity index (χ1n) is 9.06. The van der Waals surface area contributed by atoms with Gasteiger partial charge in [-0.25, -0.2) is 9.13 Å². The van der Waals surface area contributed by atoms with Crippen LogP contribution >= 0.6 is 0 Å². The lowest BCUT2D eigenvalue weighted by Crippen LogP contribution is -3.00. The van der Waals surface area contributed by atoms with Gasteiger partial charge in [0.1, 0.15) is 18.9 Å². The number of halogens is 1. The van der Waals surface area contributed by atoms with Crippen molar-refractivity contribution in [1.29, 1.82) is 0 Å². The lowest BCUT2D eigenvalue weighted by atomic mass is 9.79. The van der Waals surface area contributed by atoms with Crippen molar-refractivity contribution in [2.75, 3.05) is 13.6 Å². The van der Waals surface area contributed by atoms with Crippen molar-refractivity contribution in [3.8, 4) is 0 Å². The number of carbonyl (C=O) groups excluding carboxylic acids is 1. The van der Waals surface area contributed by atoms with E-state index < -0.39 is 5.60 Å². The number of benzene rings is 1. The predicted octanol–water partition coefficient (Wildman–Crippen LogP) is -1.15. The summed E-state index contributed by atoms with van der Waals surface area (Å²) in [6.45, 7) is 1.27. The van der Waals surface area contributed by atoms with Crippen molar-refractivity contribution < 1.29 is 38.4 Å². The fourth-order valence-electron chi connectivity index (χ4n) is 3.86. The molecular formula is C20H28IN3O2. The highest BCUT2D eigenvalue weighted by Crippen LogP contribution is 2.41. The van der Waals surface area contributed by atoms with E-state index in [9.17, 15) is 9.90 Å². The van der Waals surface area contributed by atoms with Crippen LogP contribution in [-0.2, 0) is 24.0 Å². The van der Waals surface area contributed by atoms with E-state index in [2.05, 4.69) is 0 Å². The van der Waals surface area contributed by atoms with Gasteiger partial charge < -0.3 is 34.0 Å². The molecule has 1 aliphatic rings. The summed E-state index contributed by atoms with van der Waals surface area (Å²) in [6, 6.07) is 9.44. The summed E-state index contributed by atoms with van der Waals surface area (Å²) in [5, 5.41) is 11.5. The third kappa shape index (κ3) is 4.28. The molecular weight excluding hydrogens is 441 g/mol. The molecule has 0 spiro atoms. The number of carbonyl (C=O) groups is 1. The van der Waals surface area contributed by atoms with Crippen LogP contribution < -0.4 is 28.5 Å². The summed E-state index contributed by atoms with van der Waals surface area (Å²) >= 11 is 0. The van der Waals surface area contributed by atoms with Gasteiger partial charge >= 0.3 is 0 Å². The van der Waals surface area contributed by atoms with Gasteiger partial charge in [-0.1, -0.05) is 43.2 Å². The topological polar surface area (TPSA) is 49.4 Å². The fourth-order valence-corrected chi connectivity index (χ4v) is 3.86. The summed E-state index contributed by atoms with van der Waals surface area (Å²) in [6.07, 6.45) is 9.90. The molecule has 2 aromatic rings. The number of aromatic nitrogens is 2. The van der Waals surface area contributed by atoms with Gasteiger partial charge in [0.2, 0.25) is 6.33 Å². The van der Waals surface area contributed by atoms with Gasteiger partial charge in [0.25, 0.3) is 5.91 Å². The van der Waals surface area contributed by atoms with Crippen molar-refractivity contribution >= 4 is 5.91 Å². The zero-order chi connectivity index (χ0) is 17.9. The Balaban J connectivity index is 0.00000243. The average Bonchev–Trinajstić information content (AvgIpc) is 3.31. The summed E-state index contributed by atoms with van der Waals surface area (Å²) in [5.41, 5.74) is -0.709. The highest BCUT2D eigenvalue weighted by Gasteiger charge is 2.47. The molecule has 142 valence electrons. The summed E-state index contributed by atoms with van der Waals surface area (Å²) in [7, 11) is 3.76. The maximum absolute atomic E-state index is 13.2. The van der Waals surface area contributed by atoms with Crippen LogP contribution in [0.2, 0.25) is 0 Å². The zero-order valence-electron chi connectivity index (χ0n) is 15.5. The number of likely N-dealkylation sites (N-methyl/N-ethyl adjacent to an activating group) is 1. The zero-order valence-corrected chi connectivity index (χ0v) is 17.7. The van der Waals surface area contributed by atoms with Gasteiger partial charge in [-0.05, 0) is 18.4 Å². The lowest BCUT2D eigenvalue weighted by Gasteiger charge is -2.36. The van der Waals surface area contributed by atoms with Crippen LogP contribution in [0.4, 0.5) is 0 Å². The summed E-state index contributed by atoms with van der Waals surface area (Å²) in [5.74, 6) is -0.198. The Hall–Kier alpha value is -1.41. The van der Waals surface area contributed by atoms with Crippen molar-refractivity contribution in [2.24, 2.45) is 13.0 Å². The van der Waals surface area contributed by atoms with E-state index in [-0.39, 0.29) is 35.8 Å². The molecule has 6 heteroatoms. The first-order valence-corrected chi connectivity index (χ1v) is 9.06. The first-order chi connectivity index (χ1) is 12.0. The van der Waals surface area contributed by atoms with Gasteiger partial charge in [0.15, 0.2) is 5.60 Å². The highest BCUT2D eigenvalue weighted by molar-refractivity contribution is 5.86. The number of rotatable bonds is 6. The van der Waals surface area contributed by atoms with Crippen LogP contribution in [0.1, 0.15) is 31.2 Å². The van der Waals surface area contributed by atoms with E-state index >= 15 is 0 Å². The average molecular weight is 469 g/mol. The van der Waals surface area contributed by atoms with Crippen molar-refractivity contribution in [1.82, 2.24) is 9.47 Å². The molecule has 1 fully saturated rings. The highest BCUT2D eigenvalue weighted by atomic mass is 127. The smallest absolute Gasteiger partial charge is 0.259 e. The second-order valence-corrected chi connectivity index (χ2v) is 7.16. The molecule has 0 bridgehead atoms. The monoisotopic (exact) mass is 469 g/mol. The summed E-state index contributed by atoms with van der Waals surface area (Å²) in [4.78, 5) is 14.9. The Morgan fingerprint density at radius 3 is 2.54 bits per heavy atom. The Bertz CT molecular complexity index is 713. The van der Waals surface area contributed by atoms with E-state index in [4.69, 9.17) is 0 Å². The number of imidazole rings is 1. The third-order valence-corrected chi connectivity index (χ3v) is 5.35. The molecule has 5 nitrogen and oxygen atoms in total. The van der Waals surface area contributed by atoms with Crippen LogP contribution in [0.3, 0.4) is 0 Å². The minimum absolute atomic E-state index is 0. The fraction of sp³-hybridized carbons (Fsp3) is 0.500. The van der Waals surface area contributed by atoms with Crippen LogP contribution in [0, 0.1) is 5.92 Å². The van der Waals surface area contributed by atoms with Crippen LogP contribution in [-0.4, -0.2) is 34.1 Å². The molecule has 1 saturated carbocycles. The Kier molecular flexibility index (Phi) is 7.23. The Morgan fingerprint density at radius 2 is 1.96 bits per heavy atom. The van der Waals surface area contributed by atoms with E-state index in [1.807, 2.05) is 65.2 Å². The molecule has 1 heterocycles. The van der Waals surface area contributed by atoms with E-state index in [1.54, 1.807) is 11.9 Å². The molecule has 1 aromatic carbocycles. The van der Waals surface area contributed by atoms with Crippen molar-refractivity contribution in [3.63, 3.8) is 0 Å². The largest absolute Gasteiger partial charge is 1.00 e. The molecule has 0 aliphatic heterocycles. The number of hydrogen-bond acceptors (Lipinski definition) is 2. The SMILES string of the molecule is CN(CCn1cc[n+](C)c1)C(=O)C(O)(c1ccccc1)C1CCCC1.[I-]. The third-order valence-electron chi connectivity index (χ3n) is 5.35. The number of hydrogen-bond donors (Lipinski definition) is 1. The Labute approximate surface area is 172 Å². The molecule has 1 aromatic heterocycles. The molecule has 3 rings (SSSR count). The maximum Gasteiger partial charge on any atom is 0.259 e. The molecule has 1 unspecified atom stereocenters.